The van der Waals surface area contributed by atoms with Crippen molar-refractivity contribution in [1.82, 2.24) is 4.98 Å². The highest BCUT2D eigenvalue weighted by molar-refractivity contribution is 5.92. The first kappa shape index (κ1) is 13.0. The highest BCUT2D eigenvalue weighted by Crippen LogP contribution is 2.24. The minimum atomic E-state index is -0.470. The number of anilines is 2. The maximum absolute atomic E-state index is 13.6. The van der Waals surface area contributed by atoms with Gasteiger partial charge in [-0.3, -0.25) is 4.98 Å². The van der Waals surface area contributed by atoms with Gasteiger partial charge in [0, 0.05) is 6.20 Å². The average Bonchev–Trinajstić information content (AvgIpc) is 2.42. The van der Waals surface area contributed by atoms with Crippen LogP contribution in [0.15, 0.2) is 36.7 Å². The fraction of sp³-hybridized carbons (Fsp3) is 0.143. The number of benzene rings is 1. The van der Waals surface area contributed by atoms with E-state index in [2.05, 4.69) is 15.0 Å². The zero-order valence-corrected chi connectivity index (χ0v) is 10.6. The van der Waals surface area contributed by atoms with Gasteiger partial charge in [0.05, 0.1) is 30.2 Å². The maximum Gasteiger partial charge on any atom is 0.339 e. The van der Waals surface area contributed by atoms with Gasteiger partial charge in [-0.2, -0.15) is 0 Å². The molecule has 0 spiro atoms. The first-order valence-electron chi connectivity index (χ1n) is 5.68. The van der Waals surface area contributed by atoms with Crippen molar-refractivity contribution in [2.24, 2.45) is 0 Å². The van der Waals surface area contributed by atoms with Gasteiger partial charge >= 0.3 is 5.97 Å². The Morgan fingerprint density at radius 3 is 2.68 bits per heavy atom. The van der Waals surface area contributed by atoms with E-state index in [-0.39, 0.29) is 5.82 Å². The van der Waals surface area contributed by atoms with Gasteiger partial charge in [-0.15, -0.1) is 0 Å². The summed E-state index contributed by atoms with van der Waals surface area (Å²) in [6.07, 6.45) is 2.96. The van der Waals surface area contributed by atoms with Crippen LogP contribution in [0.2, 0.25) is 0 Å². The Kier molecular flexibility index (Phi) is 3.75. The van der Waals surface area contributed by atoms with Crippen molar-refractivity contribution in [3.63, 3.8) is 0 Å². The van der Waals surface area contributed by atoms with Crippen LogP contribution in [0.25, 0.3) is 0 Å². The highest BCUT2D eigenvalue weighted by atomic mass is 19.1. The molecule has 0 aliphatic rings. The van der Waals surface area contributed by atoms with Gasteiger partial charge in [0.25, 0.3) is 0 Å². The molecule has 0 amide bonds. The first-order chi connectivity index (χ1) is 9.13. The number of ether oxygens (including phenoxy) is 1. The maximum atomic E-state index is 13.6. The van der Waals surface area contributed by atoms with Crippen molar-refractivity contribution in [3.8, 4) is 0 Å². The smallest absolute Gasteiger partial charge is 0.339 e. The molecule has 4 nitrogen and oxygen atoms in total. The number of carbonyl (C=O) groups excluding carboxylic acids is 1. The summed E-state index contributed by atoms with van der Waals surface area (Å²) in [5, 5.41) is 2.91. The van der Waals surface area contributed by atoms with Crippen LogP contribution in [0.3, 0.4) is 0 Å². The predicted molar refractivity (Wildman–Crippen MR) is 70.0 cm³/mol. The van der Waals surface area contributed by atoms with Crippen molar-refractivity contribution in [2.75, 3.05) is 12.4 Å². The summed E-state index contributed by atoms with van der Waals surface area (Å²) in [4.78, 5) is 15.5. The Morgan fingerprint density at radius 1 is 1.26 bits per heavy atom. The second kappa shape index (κ2) is 5.48. The largest absolute Gasteiger partial charge is 0.465 e. The molecule has 0 radical (unpaired) electrons. The summed E-state index contributed by atoms with van der Waals surface area (Å²) >= 11 is 0. The third kappa shape index (κ3) is 2.70. The molecule has 1 aromatic carbocycles. The van der Waals surface area contributed by atoms with Crippen molar-refractivity contribution in [3.05, 3.63) is 53.6 Å². The number of hydrogen-bond acceptors (Lipinski definition) is 4. The Labute approximate surface area is 110 Å². The van der Waals surface area contributed by atoms with Crippen LogP contribution in [-0.4, -0.2) is 18.1 Å². The van der Waals surface area contributed by atoms with Crippen LogP contribution >= 0.6 is 0 Å². The monoisotopic (exact) mass is 260 g/mol. The molecule has 1 N–H and O–H groups in total. The molecule has 0 fully saturated rings. The third-order valence-corrected chi connectivity index (χ3v) is 2.76. The number of para-hydroxylation sites is 1. The van der Waals surface area contributed by atoms with E-state index in [9.17, 15) is 9.18 Å². The Morgan fingerprint density at radius 2 is 2.00 bits per heavy atom. The molecule has 5 heteroatoms. The van der Waals surface area contributed by atoms with Crippen LogP contribution in [0.5, 0.6) is 0 Å². The van der Waals surface area contributed by atoms with Crippen LogP contribution in [-0.2, 0) is 4.74 Å². The zero-order chi connectivity index (χ0) is 13.8. The van der Waals surface area contributed by atoms with E-state index in [1.807, 2.05) is 0 Å². The molecule has 0 atom stereocenters. The normalized spacial score (nSPS) is 10.1. The highest BCUT2D eigenvalue weighted by Gasteiger charge is 2.13. The Balaban J connectivity index is 2.37. The number of aromatic nitrogens is 1. The molecule has 0 aliphatic carbocycles. The first-order valence-corrected chi connectivity index (χ1v) is 5.68. The molecular weight excluding hydrogens is 247 g/mol. The van der Waals surface area contributed by atoms with Crippen LogP contribution in [0.4, 0.5) is 15.8 Å². The molecule has 98 valence electrons. The zero-order valence-electron chi connectivity index (χ0n) is 10.6. The number of nitrogens with one attached hydrogen (secondary N) is 1. The molecule has 0 bridgehead atoms. The summed E-state index contributed by atoms with van der Waals surface area (Å²) in [6, 6.07) is 6.30. The van der Waals surface area contributed by atoms with E-state index in [4.69, 9.17) is 0 Å². The van der Waals surface area contributed by atoms with E-state index >= 15 is 0 Å². The molecule has 19 heavy (non-hydrogen) atoms. The van der Waals surface area contributed by atoms with Gasteiger partial charge in [0.15, 0.2) is 0 Å². The van der Waals surface area contributed by atoms with Crippen molar-refractivity contribution >= 4 is 17.3 Å². The molecular formula is C14H13FN2O2. The number of esters is 1. The summed E-state index contributed by atoms with van der Waals surface area (Å²) in [5.41, 5.74) is 1.90. The summed E-state index contributed by atoms with van der Waals surface area (Å²) in [7, 11) is 1.30. The number of carbonyl (C=O) groups is 1. The van der Waals surface area contributed by atoms with Gasteiger partial charge in [-0.1, -0.05) is 12.1 Å². The predicted octanol–water partition coefficient (Wildman–Crippen LogP) is 3.06. The fourth-order valence-corrected chi connectivity index (χ4v) is 1.67. The number of pyridine rings is 1. The minimum absolute atomic E-state index is 0.328. The molecule has 1 aromatic heterocycles. The molecule has 0 saturated heterocycles. The summed E-state index contributed by atoms with van der Waals surface area (Å²) in [6.45, 7) is 1.75. The summed E-state index contributed by atoms with van der Waals surface area (Å²) in [5.74, 6) is -0.840. The SMILES string of the molecule is COC(=O)c1cncc(Nc2ccccc2F)c1C. The average molecular weight is 260 g/mol. The fourth-order valence-electron chi connectivity index (χ4n) is 1.67. The van der Waals surface area contributed by atoms with Gasteiger partial charge in [-0.25, -0.2) is 9.18 Å². The Bertz CT molecular complexity index is 614. The molecule has 0 saturated carbocycles. The van der Waals surface area contributed by atoms with E-state index in [0.29, 0.717) is 22.5 Å². The second-order valence-electron chi connectivity index (χ2n) is 3.96. The van der Waals surface area contributed by atoms with Crippen molar-refractivity contribution in [1.29, 1.82) is 0 Å². The topological polar surface area (TPSA) is 51.2 Å². The van der Waals surface area contributed by atoms with Crippen LogP contribution < -0.4 is 5.32 Å². The lowest BCUT2D eigenvalue weighted by Gasteiger charge is -2.12. The van der Waals surface area contributed by atoms with Gasteiger partial charge in [-0.05, 0) is 24.6 Å². The second-order valence-corrected chi connectivity index (χ2v) is 3.96. The molecule has 0 unspecified atom stereocenters. The lowest BCUT2D eigenvalue weighted by molar-refractivity contribution is 0.0599. The lowest BCUT2D eigenvalue weighted by Crippen LogP contribution is -2.07. The van der Waals surface area contributed by atoms with Gasteiger partial charge in [0.2, 0.25) is 0 Å². The van der Waals surface area contributed by atoms with Crippen LogP contribution in [0.1, 0.15) is 15.9 Å². The number of hydrogen-bond donors (Lipinski definition) is 1. The van der Waals surface area contributed by atoms with E-state index < -0.39 is 5.97 Å². The molecule has 0 aliphatic heterocycles. The number of rotatable bonds is 3. The number of nitrogens with zero attached hydrogens (tertiary/aromatic N) is 1. The van der Waals surface area contributed by atoms with E-state index in [1.54, 1.807) is 25.1 Å². The minimum Gasteiger partial charge on any atom is -0.465 e. The summed E-state index contributed by atoms with van der Waals surface area (Å²) < 4.78 is 18.2. The third-order valence-electron chi connectivity index (χ3n) is 2.76. The lowest BCUT2D eigenvalue weighted by atomic mass is 10.1. The molecule has 2 aromatic rings. The van der Waals surface area contributed by atoms with Gasteiger partial charge < -0.3 is 10.1 Å². The van der Waals surface area contributed by atoms with E-state index in [0.717, 1.165) is 0 Å². The standard InChI is InChI=1S/C14H13FN2O2/c1-9-10(14(18)19-2)7-16-8-13(9)17-12-6-4-3-5-11(12)15/h3-8,17H,1-2H3. The number of methoxy groups -OCH3 is 1. The van der Waals surface area contributed by atoms with Crippen molar-refractivity contribution < 1.29 is 13.9 Å². The van der Waals surface area contributed by atoms with Gasteiger partial charge in [0.1, 0.15) is 5.82 Å². The van der Waals surface area contributed by atoms with E-state index in [1.165, 1.54) is 25.6 Å². The molecule has 1 heterocycles. The van der Waals surface area contributed by atoms with Crippen molar-refractivity contribution in [2.45, 2.75) is 6.92 Å². The Hall–Kier alpha value is -2.43. The van der Waals surface area contributed by atoms with Crippen LogP contribution in [0, 0.1) is 12.7 Å². The number of halogens is 1. The quantitative estimate of drug-likeness (QED) is 0.862. The molecule has 2 rings (SSSR count).